The van der Waals surface area contributed by atoms with Gasteiger partial charge in [-0.1, -0.05) is 12.1 Å². The van der Waals surface area contributed by atoms with Crippen LogP contribution in [0.3, 0.4) is 0 Å². The predicted octanol–water partition coefficient (Wildman–Crippen LogP) is 1.42. The number of aryl methyl sites for hydroxylation is 1. The van der Waals surface area contributed by atoms with E-state index in [4.69, 9.17) is 10.5 Å². The normalized spacial score (nSPS) is 16.7. The Morgan fingerprint density at radius 3 is 2.64 bits per heavy atom. The van der Waals surface area contributed by atoms with Crippen LogP contribution in [0.2, 0.25) is 0 Å². The topological polar surface area (TPSA) is 75.9 Å². The van der Waals surface area contributed by atoms with E-state index in [1.54, 1.807) is 0 Å². The largest absolute Gasteiger partial charge is 0.492 e. The van der Waals surface area contributed by atoms with Gasteiger partial charge in [0.2, 0.25) is 11.8 Å². The van der Waals surface area contributed by atoms with Gasteiger partial charge in [-0.05, 0) is 51.4 Å². The second-order valence-electron chi connectivity index (χ2n) is 6.82. The summed E-state index contributed by atoms with van der Waals surface area (Å²) in [4.78, 5) is 27.7. The summed E-state index contributed by atoms with van der Waals surface area (Å²) in [6, 6.07) is 7.71. The Labute approximate surface area is 149 Å². The van der Waals surface area contributed by atoms with Crippen molar-refractivity contribution >= 4 is 11.8 Å². The minimum absolute atomic E-state index is 0.0974. The van der Waals surface area contributed by atoms with Gasteiger partial charge in [-0.3, -0.25) is 14.5 Å². The van der Waals surface area contributed by atoms with Gasteiger partial charge in [-0.15, -0.1) is 0 Å². The van der Waals surface area contributed by atoms with Crippen molar-refractivity contribution in [1.29, 1.82) is 0 Å². The Balaban J connectivity index is 1.76. The highest BCUT2D eigenvalue weighted by atomic mass is 16.5. The van der Waals surface area contributed by atoms with Gasteiger partial charge in [0.1, 0.15) is 12.4 Å². The second kappa shape index (κ2) is 8.85. The molecule has 2 amide bonds. The summed E-state index contributed by atoms with van der Waals surface area (Å²) >= 11 is 0. The van der Waals surface area contributed by atoms with Gasteiger partial charge in [-0.25, -0.2) is 0 Å². The molecule has 1 saturated heterocycles. The first-order valence-corrected chi connectivity index (χ1v) is 8.86. The number of likely N-dealkylation sites (tertiary alicyclic amines) is 1. The highest BCUT2D eigenvalue weighted by Crippen LogP contribution is 2.18. The van der Waals surface area contributed by atoms with Crippen LogP contribution in [0.4, 0.5) is 0 Å². The maximum Gasteiger partial charge on any atom is 0.239 e. The van der Waals surface area contributed by atoms with Crippen molar-refractivity contribution in [1.82, 2.24) is 9.80 Å². The average Bonchev–Trinajstić information content (AvgIpc) is 2.60. The van der Waals surface area contributed by atoms with Gasteiger partial charge in [0.05, 0.1) is 6.04 Å². The number of hydrogen-bond donors (Lipinski definition) is 1. The Morgan fingerprint density at radius 1 is 1.36 bits per heavy atom. The molecule has 2 N–H and O–H groups in total. The minimum Gasteiger partial charge on any atom is -0.492 e. The smallest absolute Gasteiger partial charge is 0.239 e. The van der Waals surface area contributed by atoms with E-state index in [9.17, 15) is 9.59 Å². The van der Waals surface area contributed by atoms with E-state index in [0.29, 0.717) is 39.1 Å². The van der Waals surface area contributed by atoms with Crippen LogP contribution in [-0.2, 0) is 9.59 Å². The zero-order chi connectivity index (χ0) is 18.4. The molecule has 1 heterocycles. The van der Waals surface area contributed by atoms with E-state index in [-0.39, 0.29) is 23.8 Å². The molecule has 1 aliphatic heterocycles. The number of nitrogens with two attached hydrogens (primary N) is 1. The van der Waals surface area contributed by atoms with Crippen LogP contribution in [0, 0.1) is 12.8 Å². The number of benzene rings is 1. The third-order valence-electron chi connectivity index (χ3n) is 4.93. The van der Waals surface area contributed by atoms with Gasteiger partial charge in [-0.2, -0.15) is 0 Å². The molecule has 1 aromatic carbocycles. The first kappa shape index (κ1) is 19.2. The van der Waals surface area contributed by atoms with E-state index in [1.165, 1.54) is 0 Å². The number of rotatable bonds is 7. The number of piperidine rings is 1. The molecule has 0 bridgehead atoms. The first-order valence-electron chi connectivity index (χ1n) is 8.86. The highest BCUT2D eigenvalue weighted by molar-refractivity contribution is 5.82. The fourth-order valence-electron chi connectivity index (χ4n) is 3.04. The molecule has 0 radical (unpaired) electrons. The van der Waals surface area contributed by atoms with Crippen LogP contribution in [-0.4, -0.2) is 60.9 Å². The standard InChI is InChI=1S/C19H29N3O3/c1-14-5-4-6-17(13-14)25-12-11-21(3)15(2)19(24)22-9-7-16(8-10-22)18(20)23/h4-6,13,15-16H,7-12H2,1-3H3,(H2,20,23)/t15-/m1/s1. The van der Waals surface area contributed by atoms with E-state index in [1.807, 2.05) is 55.0 Å². The number of carbonyl (C=O) groups is 2. The van der Waals surface area contributed by atoms with Crippen molar-refractivity contribution in [3.05, 3.63) is 29.8 Å². The Hall–Kier alpha value is -2.08. The number of ether oxygens (including phenoxy) is 1. The number of likely N-dealkylation sites (N-methyl/N-ethyl adjacent to an activating group) is 1. The lowest BCUT2D eigenvalue weighted by molar-refractivity contribution is -0.139. The second-order valence-corrected chi connectivity index (χ2v) is 6.82. The van der Waals surface area contributed by atoms with E-state index >= 15 is 0 Å². The van der Waals surface area contributed by atoms with Crippen LogP contribution in [0.1, 0.15) is 25.3 Å². The number of amides is 2. The fourth-order valence-corrected chi connectivity index (χ4v) is 3.04. The zero-order valence-corrected chi connectivity index (χ0v) is 15.4. The molecule has 138 valence electrons. The maximum atomic E-state index is 12.6. The van der Waals surface area contributed by atoms with Gasteiger partial charge < -0.3 is 15.4 Å². The van der Waals surface area contributed by atoms with Crippen LogP contribution < -0.4 is 10.5 Å². The van der Waals surface area contributed by atoms with Crippen molar-refractivity contribution < 1.29 is 14.3 Å². The van der Waals surface area contributed by atoms with Gasteiger partial charge >= 0.3 is 0 Å². The molecule has 1 atom stereocenters. The monoisotopic (exact) mass is 347 g/mol. The number of primary amides is 1. The van der Waals surface area contributed by atoms with Crippen molar-refractivity contribution in [3.63, 3.8) is 0 Å². The summed E-state index contributed by atoms with van der Waals surface area (Å²) in [6.07, 6.45) is 1.32. The summed E-state index contributed by atoms with van der Waals surface area (Å²) in [6.45, 7) is 6.34. The van der Waals surface area contributed by atoms with Crippen LogP contribution in [0.15, 0.2) is 24.3 Å². The molecule has 0 unspecified atom stereocenters. The third kappa shape index (κ3) is 5.46. The van der Waals surface area contributed by atoms with Crippen LogP contribution in [0.25, 0.3) is 0 Å². The molecule has 0 spiro atoms. The first-order chi connectivity index (χ1) is 11.9. The minimum atomic E-state index is -0.259. The molecule has 6 heteroatoms. The molecular formula is C19H29N3O3. The van der Waals surface area contributed by atoms with Gasteiger partial charge in [0, 0.05) is 25.6 Å². The molecule has 0 aromatic heterocycles. The van der Waals surface area contributed by atoms with E-state index < -0.39 is 0 Å². The molecule has 0 aliphatic carbocycles. The molecule has 25 heavy (non-hydrogen) atoms. The average molecular weight is 347 g/mol. The van der Waals surface area contributed by atoms with E-state index in [0.717, 1.165) is 11.3 Å². The lowest BCUT2D eigenvalue weighted by Crippen LogP contribution is -2.50. The Morgan fingerprint density at radius 2 is 2.04 bits per heavy atom. The quantitative estimate of drug-likeness (QED) is 0.809. The number of nitrogens with zero attached hydrogens (tertiary/aromatic N) is 2. The Bertz CT molecular complexity index is 597. The molecule has 1 aliphatic rings. The summed E-state index contributed by atoms with van der Waals surface area (Å²) in [5.41, 5.74) is 6.51. The molecule has 0 saturated carbocycles. The maximum absolute atomic E-state index is 12.6. The zero-order valence-electron chi connectivity index (χ0n) is 15.4. The van der Waals surface area contributed by atoms with E-state index in [2.05, 4.69) is 0 Å². The highest BCUT2D eigenvalue weighted by Gasteiger charge is 2.29. The summed E-state index contributed by atoms with van der Waals surface area (Å²) < 4.78 is 5.76. The molecule has 1 aromatic rings. The molecule has 2 rings (SSSR count). The number of hydrogen-bond acceptors (Lipinski definition) is 4. The number of carbonyl (C=O) groups excluding carboxylic acids is 2. The third-order valence-corrected chi connectivity index (χ3v) is 4.93. The molecular weight excluding hydrogens is 318 g/mol. The molecule has 1 fully saturated rings. The summed E-state index contributed by atoms with van der Waals surface area (Å²) in [7, 11) is 1.93. The Kier molecular flexibility index (Phi) is 6.82. The lowest BCUT2D eigenvalue weighted by atomic mass is 9.96. The van der Waals surface area contributed by atoms with Crippen molar-refractivity contribution in [2.75, 3.05) is 33.3 Å². The summed E-state index contributed by atoms with van der Waals surface area (Å²) in [5.74, 6) is 0.590. The van der Waals surface area contributed by atoms with Crippen molar-refractivity contribution in [3.8, 4) is 5.75 Å². The lowest BCUT2D eigenvalue weighted by Gasteiger charge is -2.34. The van der Waals surface area contributed by atoms with Crippen molar-refractivity contribution in [2.24, 2.45) is 11.7 Å². The molecule has 6 nitrogen and oxygen atoms in total. The SMILES string of the molecule is Cc1cccc(OCCN(C)[C@H](C)C(=O)N2CCC(C(N)=O)CC2)c1. The van der Waals surface area contributed by atoms with Gasteiger partial charge in [0.25, 0.3) is 0 Å². The van der Waals surface area contributed by atoms with Crippen LogP contribution >= 0.6 is 0 Å². The summed E-state index contributed by atoms with van der Waals surface area (Å²) in [5, 5.41) is 0. The van der Waals surface area contributed by atoms with Crippen molar-refractivity contribution in [2.45, 2.75) is 32.7 Å². The van der Waals surface area contributed by atoms with Gasteiger partial charge in [0.15, 0.2) is 0 Å². The fraction of sp³-hybridized carbons (Fsp3) is 0.579. The van der Waals surface area contributed by atoms with Crippen LogP contribution in [0.5, 0.6) is 5.75 Å². The predicted molar refractivity (Wildman–Crippen MR) is 97.3 cm³/mol.